The Morgan fingerprint density at radius 1 is 1.71 bits per heavy atom. The summed E-state index contributed by atoms with van der Waals surface area (Å²) >= 11 is 0. The van der Waals surface area contributed by atoms with Gasteiger partial charge in [-0.1, -0.05) is 19.8 Å². The number of aromatic amines is 1. The van der Waals surface area contributed by atoms with Crippen molar-refractivity contribution in [2.24, 2.45) is 11.7 Å². The van der Waals surface area contributed by atoms with Crippen LogP contribution in [0.15, 0.2) is 18.5 Å². The lowest BCUT2D eigenvalue weighted by molar-refractivity contribution is -0.128. The number of amides is 1. The Morgan fingerprint density at radius 2 is 2.53 bits per heavy atom. The highest BCUT2D eigenvalue weighted by Crippen LogP contribution is 2.30. The zero-order chi connectivity index (χ0) is 12.3. The third-order valence-corrected chi connectivity index (χ3v) is 3.60. The molecule has 0 aromatic carbocycles. The monoisotopic (exact) mass is 235 g/mol. The molecule has 2 atom stereocenters. The molecule has 4 nitrogen and oxygen atoms in total. The first-order chi connectivity index (χ1) is 8.10. The Labute approximate surface area is 102 Å². The van der Waals surface area contributed by atoms with Crippen LogP contribution in [-0.2, 0) is 11.3 Å². The molecule has 1 saturated carbocycles. The van der Waals surface area contributed by atoms with Gasteiger partial charge in [-0.3, -0.25) is 4.79 Å². The fraction of sp³-hybridized carbons (Fsp3) is 0.615. The van der Waals surface area contributed by atoms with Crippen LogP contribution in [0.4, 0.5) is 0 Å². The number of hydrogen-bond donors (Lipinski definition) is 3. The Kier molecular flexibility index (Phi) is 3.52. The van der Waals surface area contributed by atoms with Gasteiger partial charge in [0.2, 0.25) is 5.91 Å². The highest BCUT2D eigenvalue weighted by molar-refractivity contribution is 5.86. The number of carbonyl (C=O) groups excluding carboxylic acids is 1. The molecule has 1 aliphatic carbocycles. The van der Waals surface area contributed by atoms with E-state index in [2.05, 4.69) is 17.2 Å². The van der Waals surface area contributed by atoms with Crippen molar-refractivity contribution in [2.45, 2.75) is 44.7 Å². The molecule has 1 aromatic heterocycles. The summed E-state index contributed by atoms with van der Waals surface area (Å²) in [4.78, 5) is 15.1. The second-order valence-corrected chi connectivity index (χ2v) is 5.26. The van der Waals surface area contributed by atoms with Crippen LogP contribution in [0.1, 0.15) is 38.2 Å². The van der Waals surface area contributed by atoms with E-state index in [1.165, 1.54) is 6.42 Å². The van der Waals surface area contributed by atoms with Gasteiger partial charge in [0.05, 0.1) is 5.54 Å². The molecule has 94 valence electrons. The van der Waals surface area contributed by atoms with E-state index in [0.717, 1.165) is 24.8 Å². The SMILES string of the molecule is CC1CCCC(N)(C(=O)NCc2cc[nH]c2)C1. The molecule has 1 aromatic rings. The summed E-state index contributed by atoms with van der Waals surface area (Å²) in [7, 11) is 0. The van der Waals surface area contributed by atoms with Crippen molar-refractivity contribution < 1.29 is 4.79 Å². The first-order valence-corrected chi connectivity index (χ1v) is 6.29. The van der Waals surface area contributed by atoms with E-state index < -0.39 is 5.54 Å². The predicted molar refractivity (Wildman–Crippen MR) is 67.2 cm³/mol. The van der Waals surface area contributed by atoms with E-state index in [-0.39, 0.29) is 5.91 Å². The molecule has 1 aliphatic rings. The van der Waals surface area contributed by atoms with Gasteiger partial charge in [0.1, 0.15) is 0 Å². The molecule has 0 bridgehead atoms. The number of nitrogens with one attached hydrogen (secondary N) is 2. The molecule has 17 heavy (non-hydrogen) atoms. The minimum absolute atomic E-state index is 0.00903. The van der Waals surface area contributed by atoms with E-state index in [4.69, 9.17) is 5.73 Å². The molecule has 0 saturated heterocycles. The number of nitrogens with two attached hydrogens (primary N) is 1. The quantitative estimate of drug-likeness (QED) is 0.743. The van der Waals surface area contributed by atoms with Gasteiger partial charge < -0.3 is 16.0 Å². The summed E-state index contributed by atoms with van der Waals surface area (Å²) in [5, 5.41) is 2.93. The van der Waals surface area contributed by atoms with Gasteiger partial charge in [-0.25, -0.2) is 0 Å². The van der Waals surface area contributed by atoms with Crippen LogP contribution in [0, 0.1) is 5.92 Å². The lowest BCUT2D eigenvalue weighted by Gasteiger charge is -2.35. The second kappa shape index (κ2) is 4.92. The van der Waals surface area contributed by atoms with Crippen molar-refractivity contribution in [3.8, 4) is 0 Å². The van der Waals surface area contributed by atoms with Crippen molar-refractivity contribution >= 4 is 5.91 Å². The van der Waals surface area contributed by atoms with Crippen LogP contribution in [-0.4, -0.2) is 16.4 Å². The van der Waals surface area contributed by atoms with E-state index in [1.54, 1.807) is 0 Å². The minimum Gasteiger partial charge on any atom is -0.367 e. The van der Waals surface area contributed by atoms with E-state index in [0.29, 0.717) is 12.5 Å². The van der Waals surface area contributed by atoms with Crippen molar-refractivity contribution in [1.82, 2.24) is 10.3 Å². The van der Waals surface area contributed by atoms with Crippen LogP contribution >= 0.6 is 0 Å². The fourth-order valence-corrected chi connectivity index (χ4v) is 2.62. The third-order valence-electron chi connectivity index (χ3n) is 3.60. The summed E-state index contributed by atoms with van der Waals surface area (Å²) < 4.78 is 0. The van der Waals surface area contributed by atoms with Crippen molar-refractivity contribution in [3.05, 3.63) is 24.0 Å². The molecule has 1 heterocycles. The van der Waals surface area contributed by atoms with Crippen molar-refractivity contribution in [2.75, 3.05) is 0 Å². The van der Waals surface area contributed by atoms with Gasteiger partial charge in [-0.15, -0.1) is 0 Å². The molecule has 2 rings (SSSR count). The molecular formula is C13H21N3O. The molecule has 0 aliphatic heterocycles. The predicted octanol–water partition coefficient (Wildman–Crippen LogP) is 1.54. The van der Waals surface area contributed by atoms with Gasteiger partial charge >= 0.3 is 0 Å². The normalized spacial score (nSPS) is 28.9. The number of carbonyl (C=O) groups is 1. The summed E-state index contributed by atoms with van der Waals surface area (Å²) in [6.45, 7) is 2.72. The lowest BCUT2D eigenvalue weighted by Crippen LogP contribution is -2.56. The first kappa shape index (κ1) is 12.2. The average Bonchev–Trinajstić information content (AvgIpc) is 2.78. The van der Waals surface area contributed by atoms with E-state index in [9.17, 15) is 4.79 Å². The lowest BCUT2D eigenvalue weighted by atomic mass is 9.76. The van der Waals surface area contributed by atoms with Crippen molar-refractivity contribution in [3.63, 3.8) is 0 Å². The highest BCUT2D eigenvalue weighted by Gasteiger charge is 2.37. The van der Waals surface area contributed by atoms with E-state index in [1.807, 2.05) is 18.5 Å². The molecule has 0 radical (unpaired) electrons. The Morgan fingerprint density at radius 3 is 3.18 bits per heavy atom. The maximum atomic E-state index is 12.1. The fourth-order valence-electron chi connectivity index (χ4n) is 2.62. The molecule has 4 heteroatoms. The molecule has 2 unspecified atom stereocenters. The second-order valence-electron chi connectivity index (χ2n) is 5.26. The van der Waals surface area contributed by atoms with Crippen LogP contribution in [0.2, 0.25) is 0 Å². The zero-order valence-electron chi connectivity index (χ0n) is 10.3. The zero-order valence-corrected chi connectivity index (χ0v) is 10.3. The topological polar surface area (TPSA) is 70.9 Å². The standard InChI is InChI=1S/C13H21N3O/c1-10-3-2-5-13(14,7-10)12(17)16-9-11-4-6-15-8-11/h4,6,8,10,15H,2-3,5,7,9,14H2,1H3,(H,16,17). The van der Waals surface area contributed by atoms with Gasteiger partial charge in [0, 0.05) is 18.9 Å². The minimum atomic E-state index is -0.659. The van der Waals surface area contributed by atoms with E-state index >= 15 is 0 Å². The smallest absolute Gasteiger partial charge is 0.240 e. The highest BCUT2D eigenvalue weighted by atomic mass is 16.2. The molecular weight excluding hydrogens is 214 g/mol. The number of rotatable bonds is 3. The molecule has 0 spiro atoms. The Balaban J connectivity index is 1.90. The number of aromatic nitrogens is 1. The van der Waals surface area contributed by atoms with Crippen LogP contribution < -0.4 is 11.1 Å². The average molecular weight is 235 g/mol. The largest absolute Gasteiger partial charge is 0.367 e. The Hall–Kier alpha value is -1.29. The van der Waals surface area contributed by atoms with Crippen LogP contribution in [0.25, 0.3) is 0 Å². The summed E-state index contributed by atoms with van der Waals surface area (Å²) in [6.07, 6.45) is 7.57. The summed E-state index contributed by atoms with van der Waals surface area (Å²) in [6, 6.07) is 1.95. The molecule has 1 amide bonds. The maximum absolute atomic E-state index is 12.1. The third kappa shape index (κ3) is 2.88. The molecule has 1 fully saturated rings. The summed E-state index contributed by atoms with van der Waals surface area (Å²) in [5.74, 6) is 0.539. The van der Waals surface area contributed by atoms with Gasteiger partial charge in [-0.05, 0) is 30.4 Å². The summed E-state index contributed by atoms with van der Waals surface area (Å²) in [5.41, 5.74) is 6.63. The Bertz CT molecular complexity index is 374. The van der Waals surface area contributed by atoms with Crippen LogP contribution in [0.5, 0.6) is 0 Å². The number of H-pyrrole nitrogens is 1. The van der Waals surface area contributed by atoms with Crippen molar-refractivity contribution in [1.29, 1.82) is 0 Å². The number of hydrogen-bond acceptors (Lipinski definition) is 2. The van der Waals surface area contributed by atoms with Gasteiger partial charge in [0.25, 0.3) is 0 Å². The molecule has 4 N–H and O–H groups in total. The van der Waals surface area contributed by atoms with Crippen LogP contribution in [0.3, 0.4) is 0 Å². The van der Waals surface area contributed by atoms with Gasteiger partial charge in [-0.2, -0.15) is 0 Å². The maximum Gasteiger partial charge on any atom is 0.240 e. The van der Waals surface area contributed by atoms with Gasteiger partial charge in [0.15, 0.2) is 0 Å². The first-order valence-electron chi connectivity index (χ1n) is 6.29.